The molecular weight excluding hydrogens is 300 g/mol. The average molecular weight is 322 g/mol. The number of rotatable bonds is 5. The van der Waals surface area contributed by atoms with Crippen molar-refractivity contribution in [3.63, 3.8) is 0 Å². The smallest absolute Gasteiger partial charge is 0.231 e. The van der Waals surface area contributed by atoms with Crippen LogP contribution < -0.4 is 5.32 Å². The fourth-order valence-corrected chi connectivity index (χ4v) is 2.23. The summed E-state index contributed by atoms with van der Waals surface area (Å²) in [5.74, 6) is 0.365. The van der Waals surface area contributed by atoms with Crippen LogP contribution in [0.4, 0.5) is 0 Å². The number of amides is 1. The molecule has 0 fully saturated rings. The molecule has 2 aromatic rings. The van der Waals surface area contributed by atoms with Crippen LogP contribution >= 0.6 is 0 Å². The summed E-state index contributed by atoms with van der Waals surface area (Å²) >= 11 is 0. The molecule has 5 nitrogen and oxygen atoms in total. The molecule has 0 bridgehead atoms. The van der Waals surface area contributed by atoms with Crippen molar-refractivity contribution in [2.24, 2.45) is 5.92 Å². The highest BCUT2D eigenvalue weighted by molar-refractivity contribution is 5.86. The highest BCUT2D eigenvalue weighted by atomic mass is 16.2. The number of nitrogens with one attached hydrogen (secondary N) is 1. The molecule has 5 heteroatoms. The van der Waals surface area contributed by atoms with Gasteiger partial charge in [0.2, 0.25) is 5.91 Å². The fraction of sp³-hybridized carbons (Fsp3) is 0.368. The van der Waals surface area contributed by atoms with Crippen LogP contribution in [0.1, 0.15) is 39.0 Å². The van der Waals surface area contributed by atoms with Gasteiger partial charge in [0.05, 0.1) is 16.7 Å². The Labute approximate surface area is 142 Å². The Kier molecular flexibility index (Phi) is 5.30. The van der Waals surface area contributed by atoms with Gasteiger partial charge < -0.3 is 5.32 Å². The van der Waals surface area contributed by atoms with Crippen LogP contribution in [0, 0.1) is 17.2 Å². The van der Waals surface area contributed by atoms with Crippen LogP contribution in [-0.4, -0.2) is 22.4 Å². The van der Waals surface area contributed by atoms with E-state index in [4.69, 9.17) is 5.26 Å². The van der Waals surface area contributed by atoms with Gasteiger partial charge in [0.25, 0.3) is 0 Å². The first-order chi connectivity index (χ1) is 11.3. The monoisotopic (exact) mass is 322 g/mol. The van der Waals surface area contributed by atoms with Crippen LogP contribution in [0.15, 0.2) is 36.8 Å². The number of nitrogens with zero attached hydrogens (tertiary/aromatic N) is 3. The van der Waals surface area contributed by atoms with Gasteiger partial charge in [-0.25, -0.2) is 0 Å². The lowest BCUT2D eigenvalue weighted by Crippen LogP contribution is -2.42. The Morgan fingerprint density at radius 1 is 1.25 bits per heavy atom. The normalized spacial score (nSPS) is 11.2. The Hall–Kier alpha value is -2.74. The molecule has 1 amide bonds. The van der Waals surface area contributed by atoms with Crippen LogP contribution in [0.5, 0.6) is 0 Å². The van der Waals surface area contributed by atoms with E-state index < -0.39 is 5.41 Å². The van der Waals surface area contributed by atoms with Gasteiger partial charge in [0.1, 0.15) is 6.07 Å². The quantitative estimate of drug-likeness (QED) is 0.917. The summed E-state index contributed by atoms with van der Waals surface area (Å²) in [7, 11) is 0. The Morgan fingerprint density at radius 2 is 2.00 bits per heavy atom. The van der Waals surface area contributed by atoms with E-state index in [2.05, 4.69) is 35.2 Å². The number of hydrogen-bond donors (Lipinski definition) is 1. The number of nitriles is 1. The minimum Gasteiger partial charge on any atom is -0.355 e. The van der Waals surface area contributed by atoms with Gasteiger partial charge >= 0.3 is 0 Å². The zero-order chi connectivity index (χ0) is 17.7. The van der Waals surface area contributed by atoms with Crippen molar-refractivity contribution in [2.45, 2.75) is 33.1 Å². The van der Waals surface area contributed by atoms with E-state index in [0.717, 1.165) is 11.1 Å². The van der Waals surface area contributed by atoms with Crippen LogP contribution in [0.25, 0.3) is 11.1 Å². The van der Waals surface area contributed by atoms with E-state index in [9.17, 15) is 4.79 Å². The standard InChI is InChI=1S/C19H22N4O/c1-13(2)9-23-18(24)19(3,4)17-6-5-15(12-22-17)16-7-14(8-20)10-21-11-16/h5-7,10-13H,9H2,1-4H3,(H,23,24). The molecule has 24 heavy (non-hydrogen) atoms. The zero-order valence-corrected chi connectivity index (χ0v) is 14.5. The molecule has 0 aromatic carbocycles. The molecule has 0 saturated heterocycles. The number of aromatic nitrogens is 2. The third-order valence-corrected chi connectivity index (χ3v) is 3.84. The third kappa shape index (κ3) is 3.96. The topological polar surface area (TPSA) is 78.7 Å². The van der Waals surface area contributed by atoms with Gasteiger partial charge in [-0.15, -0.1) is 0 Å². The number of hydrogen-bond acceptors (Lipinski definition) is 4. The summed E-state index contributed by atoms with van der Waals surface area (Å²) in [4.78, 5) is 20.9. The molecule has 2 rings (SSSR count). The molecule has 0 aliphatic rings. The van der Waals surface area contributed by atoms with Crippen LogP contribution in [-0.2, 0) is 10.2 Å². The molecule has 0 atom stereocenters. The van der Waals surface area contributed by atoms with Crippen LogP contribution in [0.3, 0.4) is 0 Å². The van der Waals surface area contributed by atoms with E-state index in [1.165, 1.54) is 6.20 Å². The van der Waals surface area contributed by atoms with E-state index in [0.29, 0.717) is 23.7 Å². The lowest BCUT2D eigenvalue weighted by molar-refractivity contribution is -0.125. The molecule has 0 saturated carbocycles. The van der Waals surface area contributed by atoms with Crippen molar-refractivity contribution in [1.29, 1.82) is 5.26 Å². The van der Waals surface area contributed by atoms with Crippen molar-refractivity contribution in [2.75, 3.05) is 6.54 Å². The molecule has 0 aliphatic heterocycles. The number of carbonyl (C=O) groups is 1. The summed E-state index contributed by atoms with van der Waals surface area (Å²) in [6.45, 7) is 8.49. The highest BCUT2D eigenvalue weighted by Gasteiger charge is 2.31. The van der Waals surface area contributed by atoms with E-state index >= 15 is 0 Å². The second kappa shape index (κ2) is 7.22. The molecule has 0 unspecified atom stereocenters. The first-order valence-corrected chi connectivity index (χ1v) is 7.95. The minimum atomic E-state index is -0.708. The largest absolute Gasteiger partial charge is 0.355 e. The fourth-order valence-electron chi connectivity index (χ4n) is 2.23. The van der Waals surface area contributed by atoms with Crippen molar-refractivity contribution in [1.82, 2.24) is 15.3 Å². The molecule has 2 heterocycles. The first-order valence-electron chi connectivity index (χ1n) is 7.95. The predicted molar refractivity (Wildman–Crippen MR) is 93.1 cm³/mol. The van der Waals surface area contributed by atoms with Gasteiger partial charge in [0.15, 0.2) is 0 Å². The molecule has 0 aliphatic carbocycles. The maximum atomic E-state index is 12.4. The van der Waals surface area contributed by atoms with Gasteiger partial charge in [-0.3, -0.25) is 14.8 Å². The molecule has 2 aromatic heterocycles. The number of pyridine rings is 2. The maximum Gasteiger partial charge on any atom is 0.231 e. The SMILES string of the molecule is CC(C)CNC(=O)C(C)(C)c1ccc(-c2cncc(C#N)c2)cn1. The lowest BCUT2D eigenvalue weighted by atomic mass is 9.87. The molecular formula is C19H22N4O. The zero-order valence-electron chi connectivity index (χ0n) is 14.5. The number of carbonyl (C=O) groups excluding carboxylic acids is 1. The van der Waals surface area contributed by atoms with Gasteiger partial charge in [-0.05, 0) is 31.9 Å². The predicted octanol–water partition coefficient (Wildman–Crippen LogP) is 3.07. The Balaban J connectivity index is 2.21. The van der Waals surface area contributed by atoms with Crippen molar-refractivity contribution >= 4 is 5.91 Å². The van der Waals surface area contributed by atoms with Crippen LogP contribution in [0.2, 0.25) is 0 Å². The van der Waals surface area contributed by atoms with Gasteiger partial charge in [-0.1, -0.05) is 19.9 Å². The van der Waals surface area contributed by atoms with E-state index in [-0.39, 0.29) is 5.91 Å². The summed E-state index contributed by atoms with van der Waals surface area (Å²) < 4.78 is 0. The molecule has 0 radical (unpaired) electrons. The first kappa shape index (κ1) is 17.6. The second-order valence-corrected chi connectivity index (χ2v) is 6.74. The summed E-state index contributed by atoms with van der Waals surface area (Å²) in [5.41, 5.74) is 2.19. The van der Waals surface area contributed by atoms with E-state index in [1.807, 2.05) is 26.0 Å². The maximum absolute atomic E-state index is 12.4. The molecule has 124 valence electrons. The highest BCUT2D eigenvalue weighted by Crippen LogP contribution is 2.25. The average Bonchev–Trinajstić information content (AvgIpc) is 2.59. The molecule has 1 N–H and O–H groups in total. The third-order valence-electron chi connectivity index (χ3n) is 3.84. The van der Waals surface area contributed by atoms with Gasteiger partial charge in [-0.2, -0.15) is 5.26 Å². The lowest BCUT2D eigenvalue weighted by Gasteiger charge is -2.24. The van der Waals surface area contributed by atoms with Crippen molar-refractivity contribution in [3.8, 4) is 17.2 Å². The summed E-state index contributed by atoms with van der Waals surface area (Å²) in [6.07, 6.45) is 4.93. The van der Waals surface area contributed by atoms with Crippen molar-refractivity contribution in [3.05, 3.63) is 48.0 Å². The Bertz CT molecular complexity index is 758. The summed E-state index contributed by atoms with van der Waals surface area (Å²) in [6, 6.07) is 7.59. The summed E-state index contributed by atoms with van der Waals surface area (Å²) in [5, 5.41) is 11.9. The second-order valence-electron chi connectivity index (χ2n) is 6.74. The van der Waals surface area contributed by atoms with Crippen molar-refractivity contribution < 1.29 is 4.79 Å². The molecule has 0 spiro atoms. The van der Waals surface area contributed by atoms with E-state index in [1.54, 1.807) is 18.5 Å². The van der Waals surface area contributed by atoms with Gasteiger partial charge in [0, 0.05) is 36.3 Å². The minimum absolute atomic E-state index is 0.0374. The Morgan fingerprint density at radius 3 is 2.58 bits per heavy atom.